The maximum atomic E-state index is 12.6. The van der Waals surface area contributed by atoms with E-state index in [2.05, 4.69) is 5.32 Å². The molecule has 1 aromatic carbocycles. The fraction of sp³-hybridized carbons (Fsp3) is 0.571. The van der Waals surface area contributed by atoms with Gasteiger partial charge in [-0.25, -0.2) is 14.4 Å². The highest BCUT2D eigenvalue weighted by Crippen LogP contribution is 2.30. The predicted octanol–water partition coefficient (Wildman–Crippen LogP) is 2.58. The number of nitrogens with one attached hydrogen (secondary N) is 1. The SMILES string of the molecule is CC(C)(C)OC(=O)N[C@@H]([C@H]1COC(C)(C)O1)[C@@H]1C(=O)OC(=O)N1Cc1ccccc1. The molecular weight excluding hydrogens is 392 g/mol. The molecule has 2 aliphatic heterocycles. The van der Waals surface area contributed by atoms with Crippen molar-refractivity contribution in [3.63, 3.8) is 0 Å². The largest absolute Gasteiger partial charge is 0.444 e. The maximum Gasteiger partial charge on any atom is 0.418 e. The topological polar surface area (TPSA) is 103 Å². The van der Waals surface area contributed by atoms with Crippen LogP contribution in [0.1, 0.15) is 40.2 Å². The summed E-state index contributed by atoms with van der Waals surface area (Å²) in [5.41, 5.74) is 0.0746. The quantitative estimate of drug-likeness (QED) is 0.577. The number of rotatable bonds is 5. The van der Waals surface area contributed by atoms with Crippen LogP contribution in [-0.4, -0.2) is 59.2 Å². The highest BCUT2D eigenvalue weighted by molar-refractivity contribution is 5.96. The number of cyclic esters (lactones) is 2. The van der Waals surface area contributed by atoms with Gasteiger partial charge in [-0.2, -0.15) is 0 Å². The molecule has 2 amide bonds. The summed E-state index contributed by atoms with van der Waals surface area (Å²) in [6.07, 6.45) is -2.19. The molecule has 0 aromatic heterocycles. The molecule has 3 atom stereocenters. The van der Waals surface area contributed by atoms with Crippen LogP contribution >= 0.6 is 0 Å². The van der Waals surface area contributed by atoms with Gasteiger partial charge in [-0.15, -0.1) is 0 Å². The molecule has 2 heterocycles. The summed E-state index contributed by atoms with van der Waals surface area (Å²) in [7, 11) is 0. The maximum absolute atomic E-state index is 12.6. The van der Waals surface area contributed by atoms with Crippen molar-refractivity contribution in [1.29, 1.82) is 0 Å². The first-order chi connectivity index (χ1) is 14.0. The standard InChI is InChI=1S/C21H28N2O7/c1-20(2,3)30-18(25)22-15(14-12-27-21(4,5)29-14)16-17(24)28-19(26)23(16)11-13-9-7-6-8-10-13/h6-10,14-16H,11-12H2,1-5H3,(H,22,25)/t14-,15+,16-/m1/s1. The first kappa shape index (κ1) is 22.0. The highest BCUT2D eigenvalue weighted by Gasteiger charge is 2.52. The molecule has 0 aliphatic carbocycles. The number of benzene rings is 1. The monoisotopic (exact) mass is 420 g/mol. The number of hydrogen-bond acceptors (Lipinski definition) is 7. The Balaban J connectivity index is 1.88. The third-order valence-corrected chi connectivity index (χ3v) is 4.65. The van der Waals surface area contributed by atoms with Crippen molar-refractivity contribution in [3.8, 4) is 0 Å². The normalized spacial score (nSPS) is 24.5. The molecule has 0 unspecified atom stereocenters. The van der Waals surface area contributed by atoms with Crippen LogP contribution in [0.3, 0.4) is 0 Å². The Morgan fingerprint density at radius 3 is 2.50 bits per heavy atom. The molecule has 1 aromatic rings. The van der Waals surface area contributed by atoms with Crippen molar-refractivity contribution in [2.24, 2.45) is 0 Å². The number of alkyl carbamates (subject to hydrolysis) is 1. The molecule has 0 spiro atoms. The Bertz CT molecular complexity index is 803. The number of ether oxygens (including phenoxy) is 4. The van der Waals surface area contributed by atoms with Crippen molar-refractivity contribution in [3.05, 3.63) is 35.9 Å². The van der Waals surface area contributed by atoms with E-state index in [0.29, 0.717) is 0 Å². The van der Waals surface area contributed by atoms with Crippen molar-refractivity contribution < 1.29 is 33.3 Å². The van der Waals surface area contributed by atoms with Gasteiger partial charge in [0.05, 0.1) is 19.2 Å². The van der Waals surface area contributed by atoms with Crippen molar-refractivity contribution >= 4 is 18.2 Å². The summed E-state index contributed by atoms with van der Waals surface area (Å²) in [5, 5.41) is 2.70. The summed E-state index contributed by atoms with van der Waals surface area (Å²) in [4.78, 5) is 38.9. The van der Waals surface area contributed by atoms with Crippen LogP contribution < -0.4 is 5.32 Å². The summed E-state index contributed by atoms with van der Waals surface area (Å²) in [6, 6.07) is 7.18. The Morgan fingerprint density at radius 1 is 1.27 bits per heavy atom. The second kappa shape index (κ2) is 8.23. The lowest BCUT2D eigenvalue weighted by Gasteiger charge is -2.32. The van der Waals surface area contributed by atoms with Gasteiger partial charge in [0, 0.05) is 0 Å². The Hall–Kier alpha value is -2.65. The van der Waals surface area contributed by atoms with Gasteiger partial charge in [-0.3, -0.25) is 4.90 Å². The molecule has 164 valence electrons. The number of amides is 2. The van der Waals surface area contributed by atoms with Gasteiger partial charge in [0.25, 0.3) is 0 Å². The molecule has 3 rings (SSSR count). The summed E-state index contributed by atoms with van der Waals surface area (Å²) >= 11 is 0. The fourth-order valence-corrected chi connectivity index (χ4v) is 3.44. The number of hydrogen-bond donors (Lipinski definition) is 1. The molecule has 0 radical (unpaired) electrons. The summed E-state index contributed by atoms with van der Waals surface area (Å²) in [5.74, 6) is -1.65. The molecule has 0 saturated carbocycles. The van der Waals surface area contributed by atoms with Crippen LogP contribution in [0.25, 0.3) is 0 Å². The lowest BCUT2D eigenvalue weighted by atomic mass is 10.0. The second-order valence-electron chi connectivity index (χ2n) is 8.78. The van der Waals surface area contributed by atoms with E-state index in [1.54, 1.807) is 34.6 Å². The third-order valence-electron chi connectivity index (χ3n) is 4.65. The molecule has 30 heavy (non-hydrogen) atoms. The zero-order chi connectivity index (χ0) is 22.1. The Labute approximate surface area is 175 Å². The minimum absolute atomic E-state index is 0.130. The van der Waals surface area contributed by atoms with Gasteiger partial charge in [0.1, 0.15) is 11.7 Å². The first-order valence-corrected chi connectivity index (χ1v) is 9.83. The third kappa shape index (κ3) is 5.28. The molecule has 0 bridgehead atoms. The molecule has 2 saturated heterocycles. The van der Waals surface area contributed by atoms with E-state index in [0.717, 1.165) is 5.56 Å². The molecule has 9 heteroatoms. The van der Waals surface area contributed by atoms with E-state index < -0.39 is 47.7 Å². The zero-order valence-electron chi connectivity index (χ0n) is 17.8. The van der Waals surface area contributed by atoms with Gasteiger partial charge >= 0.3 is 18.2 Å². The van der Waals surface area contributed by atoms with Crippen LogP contribution in [0.5, 0.6) is 0 Å². The highest BCUT2D eigenvalue weighted by atomic mass is 16.7. The second-order valence-corrected chi connectivity index (χ2v) is 8.78. The van der Waals surface area contributed by atoms with E-state index in [9.17, 15) is 14.4 Å². The van der Waals surface area contributed by atoms with E-state index in [1.165, 1.54) is 4.90 Å². The molecule has 2 fully saturated rings. The lowest BCUT2D eigenvalue weighted by molar-refractivity contribution is -0.148. The van der Waals surface area contributed by atoms with Crippen molar-refractivity contribution in [2.75, 3.05) is 6.61 Å². The molecule has 1 N–H and O–H groups in total. The number of nitrogens with zero attached hydrogens (tertiary/aromatic N) is 1. The van der Waals surface area contributed by atoms with Gasteiger partial charge in [-0.05, 0) is 40.2 Å². The fourth-order valence-electron chi connectivity index (χ4n) is 3.44. The molecule has 2 aliphatic rings. The minimum Gasteiger partial charge on any atom is -0.444 e. The average molecular weight is 420 g/mol. The van der Waals surface area contributed by atoms with Crippen LogP contribution in [0.4, 0.5) is 9.59 Å². The van der Waals surface area contributed by atoms with E-state index in [-0.39, 0.29) is 13.2 Å². The first-order valence-electron chi connectivity index (χ1n) is 9.83. The van der Waals surface area contributed by atoms with Crippen LogP contribution in [-0.2, 0) is 30.3 Å². The van der Waals surface area contributed by atoms with Crippen LogP contribution in [0.2, 0.25) is 0 Å². The average Bonchev–Trinajstić information content (AvgIpc) is 3.11. The molecule has 9 nitrogen and oxygen atoms in total. The van der Waals surface area contributed by atoms with Gasteiger partial charge in [0.15, 0.2) is 11.8 Å². The van der Waals surface area contributed by atoms with Crippen molar-refractivity contribution in [1.82, 2.24) is 10.2 Å². The van der Waals surface area contributed by atoms with Crippen LogP contribution in [0, 0.1) is 0 Å². The van der Waals surface area contributed by atoms with Gasteiger partial charge in [0.2, 0.25) is 0 Å². The summed E-state index contributed by atoms with van der Waals surface area (Å²) in [6.45, 7) is 8.93. The van der Waals surface area contributed by atoms with Crippen molar-refractivity contribution in [2.45, 2.75) is 70.7 Å². The smallest absolute Gasteiger partial charge is 0.418 e. The van der Waals surface area contributed by atoms with E-state index in [4.69, 9.17) is 18.9 Å². The van der Waals surface area contributed by atoms with E-state index >= 15 is 0 Å². The Kier molecular flexibility index (Phi) is 6.05. The number of carbonyl (C=O) groups is 3. The molecular formula is C21H28N2O7. The summed E-state index contributed by atoms with van der Waals surface area (Å²) < 4.78 is 21.8. The lowest BCUT2D eigenvalue weighted by Crippen LogP contribution is -2.59. The predicted molar refractivity (Wildman–Crippen MR) is 105 cm³/mol. The Morgan fingerprint density at radius 2 is 1.93 bits per heavy atom. The number of carbonyl (C=O) groups excluding carboxylic acids is 3. The zero-order valence-corrected chi connectivity index (χ0v) is 17.8. The van der Waals surface area contributed by atoms with Crippen LogP contribution in [0.15, 0.2) is 30.3 Å². The van der Waals surface area contributed by atoms with Gasteiger partial charge in [-0.1, -0.05) is 30.3 Å². The van der Waals surface area contributed by atoms with Gasteiger partial charge < -0.3 is 24.3 Å². The number of esters is 1. The minimum atomic E-state index is -1.09. The van der Waals surface area contributed by atoms with E-state index in [1.807, 2.05) is 30.3 Å².